The Morgan fingerprint density at radius 3 is 2.74 bits per heavy atom. The third-order valence-corrected chi connectivity index (χ3v) is 6.54. The number of ether oxygens (including phenoxy) is 1. The maximum Gasteiger partial charge on any atom is 0.138 e. The van der Waals surface area contributed by atoms with Crippen LogP contribution in [0.1, 0.15) is 0 Å². The van der Waals surface area contributed by atoms with Gasteiger partial charge in [-0.3, -0.25) is 15.1 Å². The summed E-state index contributed by atoms with van der Waals surface area (Å²) in [4.78, 5) is 19.3. The zero-order chi connectivity index (χ0) is 23.8. The molecule has 0 saturated carbocycles. The zero-order valence-electron chi connectivity index (χ0n) is 19.3. The van der Waals surface area contributed by atoms with Crippen LogP contribution in [0, 0.1) is 0 Å². The van der Waals surface area contributed by atoms with Gasteiger partial charge in [0.25, 0.3) is 0 Å². The Balaban J connectivity index is 1.38. The number of H-pyrrole nitrogens is 2. The minimum atomic E-state index is 0.596. The smallest absolute Gasteiger partial charge is 0.138 e. The van der Waals surface area contributed by atoms with Crippen molar-refractivity contribution in [2.24, 2.45) is 0 Å². The fourth-order valence-corrected chi connectivity index (χ4v) is 4.71. The maximum absolute atomic E-state index is 5.86. The molecule has 0 unspecified atom stereocenters. The standard InChI is InChI=1S/C26H23N7OS/c1-33(2)6-7-34-18-9-17(11-27-12-18)21-3-4-22-25(30-21)26(32-31-22)23-10-19-20(16-5-8-35-15-16)13-28-14-24(19)29-23/h3-5,8-15,29H,6-7H2,1-2H3,(H,31,32). The van der Waals surface area contributed by atoms with Crippen LogP contribution >= 0.6 is 11.3 Å². The van der Waals surface area contributed by atoms with Crippen molar-refractivity contribution in [3.8, 4) is 39.5 Å². The third kappa shape index (κ3) is 4.16. The van der Waals surface area contributed by atoms with E-state index in [2.05, 4.69) is 52.9 Å². The quantitative estimate of drug-likeness (QED) is 0.324. The van der Waals surface area contributed by atoms with Crippen LogP contribution < -0.4 is 4.74 Å². The summed E-state index contributed by atoms with van der Waals surface area (Å²) in [7, 11) is 4.04. The second-order valence-electron chi connectivity index (χ2n) is 8.57. The van der Waals surface area contributed by atoms with Gasteiger partial charge < -0.3 is 14.6 Å². The predicted octanol–water partition coefficient (Wildman–Crippen LogP) is 5.23. The van der Waals surface area contributed by atoms with Gasteiger partial charge >= 0.3 is 0 Å². The molecule has 0 bridgehead atoms. The molecule has 0 radical (unpaired) electrons. The van der Waals surface area contributed by atoms with Gasteiger partial charge in [-0.2, -0.15) is 16.4 Å². The molecule has 8 nitrogen and oxygen atoms in total. The molecule has 0 saturated heterocycles. The first-order valence-electron chi connectivity index (χ1n) is 11.2. The number of nitrogens with zero attached hydrogens (tertiary/aromatic N) is 5. The highest BCUT2D eigenvalue weighted by Gasteiger charge is 2.16. The van der Waals surface area contributed by atoms with Crippen LogP contribution in [0.3, 0.4) is 0 Å². The first-order chi connectivity index (χ1) is 17.2. The molecular weight excluding hydrogens is 458 g/mol. The molecule has 6 rings (SSSR count). The summed E-state index contributed by atoms with van der Waals surface area (Å²) in [6.45, 7) is 1.43. The monoisotopic (exact) mass is 481 g/mol. The van der Waals surface area contributed by atoms with Gasteiger partial charge in [-0.1, -0.05) is 0 Å². The molecule has 2 N–H and O–H groups in total. The molecule has 0 aliphatic rings. The molecule has 0 aliphatic heterocycles. The van der Waals surface area contributed by atoms with Gasteiger partial charge in [-0.15, -0.1) is 0 Å². The van der Waals surface area contributed by atoms with E-state index in [1.807, 2.05) is 44.7 Å². The lowest BCUT2D eigenvalue weighted by Crippen LogP contribution is -2.19. The van der Waals surface area contributed by atoms with Gasteiger partial charge in [-0.25, -0.2) is 4.98 Å². The number of rotatable bonds is 7. The molecule has 0 aliphatic carbocycles. The normalized spacial score (nSPS) is 11.6. The predicted molar refractivity (Wildman–Crippen MR) is 140 cm³/mol. The van der Waals surface area contributed by atoms with E-state index in [0.29, 0.717) is 6.61 Å². The Morgan fingerprint density at radius 2 is 1.89 bits per heavy atom. The van der Waals surface area contributed by atoms with E-state index in [1.165, 1.54) is 0 Å². The minimum Gasteiger partial charge on any atom is -0.491 e. The first-order valence-corrected chi connectivity index (χ1v) is 12.2. The van der Waals surface area contributed by atoms with E-state index >= 15 is 0 Å². The van der Waals surface area contributed by atoms with Crippen molar-refractivity contribution in [2.75, 3.05) is 27.2 Å². The van der Waals surface area contributed by atoms with E-state index in [1.54, 1.807) is 23.7 Å². The van der Waals surface area contributed by atoms with Gasteiger partial charge in [0.15, 0.2) is 0 Å². The van der Waals surface area contributed by atoms with Crippen LogP contribution in [0.15, 0.2) is 65.9 Å². The number of hydrogen-bond donors (Lipinski definition) is 2. The summed E-state index contributed by atoms with van der Waals surface area (Å²) in [5, 5.41) is 13.0. The maximum atomic E-state index is 5.86. The summed E-state index contributed by atoms with van der Waals surface area (Å²) in [6.07, 6.45) is 7.27. The largest absolute Gasteiger partial charge is 0.491 e. The molecule has 35 heavy (non-hydrogen) atoms. The molecule has 0 aromatic carbocycles. The fraction of sp³-hybridized carbons (Fsp3) is 0.154. The van der Waals surface area contributed by atoms with E-state index in [9.17, 15) is 0 Å². The molecule has 6 heterocycles. The van der Waals surface area contributed by atoms with Gasteiger partial charge in [0.1, 0.15) is 23.6 Å². The lowest BCUT2D eigenvalue weighted by atomic mass is 10.1. The minimum absolute atomic E-state index is 0.596. The number of likely N-dealkylation sites (N-methyl/N-ethyl adjacent to an activating group) is 1. The summed E-state index contributed by atoms with van der Waals surface area (Å²) >= 11 is 1.67. The molecule has 0 spiro atoms. The van der Waals surface area contributed by atoms with Crippen molar-refractivity contribution in [2.45, 2.75) is 0 Å². The topological polar surface area (TPSA) is 95.6 Å². The van der Waals surface area contributed by atoms with Crippen LogP contribution in [0.25, 0.3) is 55.7 Å². The Kier molecular flexibility index (Phi) is 5.48. The lowest BCUT2D eigenvalue weighted by Gasteiger charge is -2.11. The van der Waals surface area contributed by atoms with Crippen LogP contribution in [0.2, 0.25) is 0 Å². The van der Waals surface area contributed by atoms with Crippen LogP contribution in [0.5, 0.6) is 5.75 Å². The summed E-state index contributed by atoms with van der Waals surface area (Å²) < 4.78 is 5.86. The molecular formula is C26H23N7OS. The van der Waals surface area contributed by atoms with Gasteiger partial charge in [-0.05, 0) is 60.8 Å². The SMILES string of the molecule is CN(C)CCOc1cncc(-c2ccc3[nH]nc(-c4cc5c(-c6ccsc6)cncc5[nH]4)c3n2)c1. The summed E-state index contributed by atoms with van der Waals surface area (Å²) in [6, 6.07) is 10.2. The van der Waals surface area contributed by atoms with E-state index in [0.717, 1.165) is 68.0 Å². The van der Waals surface area contributed by atoms with Gasteiger partial charge in [0.05, 0.1) is 34.8 Å². The lowest BCUT2D eigenvalue weighted by molar-refractivity contribution is 0.261. The number of aromatic nitrogens is 6. The Hall–Kier alpha value is -4.08. The highest BCUT2D eigenvalue weighted by Crippen LogP contribution is 2.34. The molecule has 6 aromatic heterocycles. The molecule has 0 amide bonds. The van der Waals surface area contributed by atoms with Crippen molar-refractivity contribution in [1.29, 1.82) is 0 Å². The molecule has 9 heteroatoms. The number of fused-ring (bicyclic) bond motifs is 2. The summed E-state index contributed by atoms with van der Waals surface area (Å²) in [5.74, 6) is 0.725. The van der Waals surface area contributed by atoms with E-state index < -0.39 is 0 Å². The number of nitrogens with one attached hydrogen (secondary N) is 2. The molecule has 0 fully saturated rings. The van der Waals surface area contributed by atoms with Crippen molar-refractivity contribution in [1.82, 2.24) is 35.0 Å². The Morgan fingerprint density at radius 1 is 0.971 bits per heavy atom. The second-order valence-corrected chi connectivity index (χ2v) is 9.35. The number of thiophene rings is 1. The highest BCUT2D eigenvalue weighted by molar-refractivity contribution is 7.08. The van der Waals surface area contributed by atoms with Crippen molar-refractivity contribution < 1.29 is 4.74 Å². The van der Waals surface area contributed by atoms with Crippen molar-refractivity contribution in [3.63, 3.8) is 0 Å². The molecule has 174 valence electrons. The average Bonchev–Trinajstić information content (AvgIpc) is 3.62. The third-order valence-electron chi connectivity index (χ3n) is 5.86. The molecule has 6 aromatic rings. The second kappa shape index (κ2) is 8.94. The van der Waals surface area contributed by atoms with Crippen molar-refractivity contribution >= 4 is 33.3 Å². The van der Waals surface area contributed by atoms with E-state index in [4.69, 9.17) is 9.72 Å². The van der Waals surface area contributed by atoms with Crippen LogP contribution in [0.4, 0.5) is 0 Å². The van der Waals surface area contributed by atoms with E-state index in [-0.39, 0.29) is 0 Å². The highest BCUT2D eigenvalue weighted by atomic mass is 32.1. The van der Waals surface area contributed by atoms with Crippen LogP contribution in [-0.4, -0.2) is 62.3 Å². The molecule has 0 atom stereocenters. The van der Waals surface area contributed by atoms with Gasteiger partial charge in [0, 0.05) is 35.5 Å². The zero-order valence-corrected chi connectivity index (χ0v) is 20.1. The van der Waals surface area contributed by atoms with Crippen molar-refractivity contribution in [3.05, 3.63) is 65.9 Å². The van der Waals surface area contributed by atoms with Crippen LogP contribution in [-0.2, 0) is 0 Å². The average molecular weight is 482 g/mol. The number of pyridine rings is 3. The fourth-order valence-electron chi connectivity index (χ4n) is 4.06. The number of hydrogen-bond acceptors (Lipinski definition) is 7. The number of aromatic amines is 2. The first kappa shape index (κ1) is 21.5. The summed E-state index contributed by atoms with van der Waals surface area (Å²) in [5.41, 5.74) is 8.22. The Bertz CT molecular complexity index is 1620. The van der Waals surface area contributed by atoms with Gasteiger partial charge in [0.2, 0.25) is 0 Å². The Labute approximate surface area is 205 Å².